The van der Waals surface area contributed by atoms with Gasteiger partial charge in [0.25, 0.3) is 0 Å². The largest absolute Gasteiger partial charge is 0.460 e. The van der Waals surface area contributed by atoms with Crippen LogP contribution in [0.3, 0.4) is 0 Å². The summed E-state index contributed by atoms with van der Waals surface area (Å²) in [5.41, 5.74) is 1.30. The van der Waals surface area contributed by atoms with Crippen LogP contribution in [-0.4, -0.2) is 31.1 Å². The lowest BCUT2D eigenvalue weighted by Gasteiger charge is -2.33. The number of piperidine rings is 1. The predicted molar refractivity (Wildman–Crippen MR) is 80.6 cm³/mol. The van der Waals surface area contributed by atoms with Gasteiger partial charge in [0.15, 0.2) is 0 Å². The molecule has 0 aliphatic carbocycles. The van der Waals surface area contributed by atoms with Crippen molar-refractivity contribution in [3.8, 4) is 0 Å². The third-order valence-corrected chi connectivity index (χ3v) is 5.09. The fraction of sp³-hybridized carbons (Fsp3) is 0.529. The summed E-state index contributed by atoms with van der Waals surface area (Å²) in [6.07, 6.45) is 3.87. The first kappa shape index (κ1) is 13.3. The topological polar surface area (TPSA) is 28.4 Å². The van der Waals surface area contributed by atoms with Gasteiger partial charge in [-0.2, -0.15) is 0 Å². The zero-order chi connectivity index (χ0) is 14.3. The molecule has 1 aromatic heterocycles. The highest BCUT2D eigenvalue weighted by atomic mass is 19.1. The number of furan rings is 1. The molecule has 2 fully saturated rings. The van der Waals surface area contributed by atoms with Crippen LogP contribution < -0.4 is 5.32 Å². The van der Waals surface area contributed by atoms with Gasteiger partial charge in [0.05, 0.1) is 6.54 Å². The van der Waals surface area contributed by atoms with E-state index in [0.717, 1.165) is 42.9 Å². The second kappa shape index (κ2) is 5.11. The molecule has 1 spiro atoms. The minimum atomic E-state index is -0.204. The van der Waals surface area contributed by atoms with Gasteiger partial charge in [-0.15, -0.1) is 0 Å². The smallest absolute Gasteiger partial charge is 0.134 e. The number of rotatable bonds is 2. The highest BCUT2D eigenvalue weighted by molar-refractivity contribution is 5.77. The summed E-state index contributed by atoms with van der Waals surface area (Å²) in [5.74, 6) is 0.742. The van der Waals surface area contributed by atoms with Crippen molar-refractivity contribution >= 4 is 11.0 Å². The summed E-state index contributed by atoms with van der Waals surface area (Å²) in [5, 5.41) is 4.31. The molecule has 2 aliphatic heterocycles. The minimum Gasteiger partial charge on any atom is -0.460 e. The standard InChI is InChI=1S/C17H21FN2O/c18-14-1-2-16-13(9-14)10-15(21-16)11-20-8-5-17(12-20)3-6-19-7-4-17/h1-2,9-10,19H,3-8,11-12H2. The molecule has 4 heteroatoms. The molecule has 0 radical (unpaired) electrons. The van der Waals surface area contributed by atoms with Gasteiger partial charge in [-0.05, 0) is 68.6 Å². The maximum Gasteiger partial charge on any atom is 0.134 e. The summed E-state index contributed by atoms with van der Waals surface area (Å²) >= 11 is 0. The van der Waals surface area contributed by atoms with Gasteiger partial charge >= 0.3 is 0 Å². The van der Waals surface area contributed by atoms with Gasteiger partial charge in [0.2, 0.25) is 0 Å². The molecule has 0 atom stereocenters. The number of nitrogens with one attached hydrogen (secondary N) is 1. The fourth-order valence-corrected chi connectivity index (χ4v) is 3.90. The molecular weight excluding hydrogens is 267 g/mol. The van der Waals surface area contributed by atoms with Gasteiger partial charge in [-0.3, -0.25) is 4.90 Å². The fourth-order valence-electron chi connectivity index (χ4n) is 3.90. The Hall–Kier alpha value is -1.39. The normalized spacial score (nSPS) is 22.3. The Kier molecular flexibility index (Phi) is 3.23. The molecule has 2 aliphatic rings. The average Bonchev–Trinajstić information content (AvgIpc) is 3.04. The van der Waals surface area contributed by atoms with Gasteiger partial charge in [0.1, 0.15) is 17.2 Å². The van der Waals surface area contributed by atoms with Crippen LogP contribution in [0.4, 0.5) is 4.39 Å². The maximum absolute atomic E-state index is 13.2. The van der Waals surface area contributed by atoms with Crippen LogP contribution in [0.1, 0.15) is 25.0 Å². The Morgan fingerprint density at radius 3 is 2.90 bits per heavy atom. The Labute approximate surface area is 124 Å². The van der Waals surface area contributed by atoms with Gasteiger partial charge in [0, 0.05) is 11.9 Å². The SMILES string of the molecule is Fc1ccc2oc(CN3CCC4(CCNCC4)C3)cc2c1. The molecule has 1 aromatic carbocycles. The second-order valence-corrected chi connectivity index (χ2v) is 6.61. The predicted octanol–water partition coefficient (Wildman–Crippen LogP) is 3.15. The van der Waals surface area contributed by atoms with Crippen molar-refractivity contribution in [1.29, 1.82) is 0 Å². The first-order chi connectivity index (χ1) is 10.2. The number of hydrogen-bond donors (Lipinski definition) is 1. The summed E-state index contributed by atoms with van der Waals surface area (Å²) in [6.45, 7) is 5.45. The van der Waals surface area contributed by atoms with Crippen LogP contribution in [0.5, 0.6) is 0 Å². The van der Waals surface area contributed by atoms with E-state index < -0.39 is 0 Å². The molecule has 0 amide bonds. The first-order valence-electron chi connectivity index (χ1n) is 7.84. The second-order valence-electron chi connectivity index (χ2n) is 6.61. The summed E-state index contributed by atoms with van der Waals surface area (Å²) in [6, 6.07) is 6.69. The van der Waals surface area contributed by atoms with E-state index in [1.54, 1.807) is 12.1 Å². The van der Waals surface area contributed by atoms with Crippen molar-refractivity contribution in [2.24, 2.45) is 5.41 Å². The van der Waals surface area contributed by atoms with E-state index in [9.17, 15) is 4.39 Å². The van der Waals surface area contributed by atoms with Crippen molar-refractivity contribution in [3.05, 3.63) is 35.8 Å². The molecule has 3 heterocycles. The van der Waals surface area contributed by atoms with Gasteiger partial charge in [-0.25, -0.2) is 4.39 Å². The molecule has 21 heavy (non-hydrogen) atoms. The molecular formula is C17H21FN2O. The van der Waals surface area contributed by atoms with Crippen molar-refractivity contribution in [2.75, 3.05) is 26.2 Å². The van der Waals surface area contributed by atoms with Crippen LogP contribution in [0.25, 0.3) is 11.0 Å². The summed E-state index contributed by atoms with van der Waals surface area (Å²) in [4.78, 5) is 2.49. The van der Waals surface area contributed by atoms with Crippen molar-refractivity contribution in [2.45, 2.75) is 25.8 Å². The number of likely N-dealkylation sites (tertiary alicyclic amines) is 1. The average molecular weight is 288 g/mol. The Balaban J connectivity index is 1.48. The van der Waals surface area contributed by atoms with E-state index in [0.29, 0.717) is 5.41 Å². The number of nitrogens with zero attached hydrogens (tertiary/aromatic N) is 1. The lowest BCUT2D eigenvalue weighted by molar-refractivity contribution is 0.189. The van der Waals surface area contributed by atoms with Gasteiger partial charge in [-0.1, -0.05) is 0 Å². The molecule has 2 saturated heterocycles. The highest BCUT2D eigenvalue weighted by Gasteiger charge is 2.38. The van der Waals surface area contributed by atoms with Crippen LogP contribution in [0.2, 0.25) is 0 Å². The molecule has 4 rings (SSSR count). The molecule has 0 unspecified atom stereocenters. The summed E-state index contributed by atoms with van der Waals surface area (Å²) in [7, 11) is 0. The molecule has 112 valence electrons. The third-order valence-electron chi connectivity index (χ3n) is 5.09. The van der Waals surface area contributed by atoms with E-state index >= 15 is 0 Å². The lowest BCUT2D eigenvalue weighted by Crippen LogP contribution is -2.38. The third kappa shape index (κ3) is 2.58. The zero-order valence-electron chi connectivity index (χ0n) is 12.2. The van der Waals surface area contributed by atoms with Crippen LogP contribution in [-0.2, 0) is 6.54 Å². The zero-order valence-corrected chi connectivity index (χ0v) is 12.2. The van der Waals surface area contributed by atoms with Crippen molar-refractivity contribution in [3.63, 3.8) is 0 Å². The number of halogens is 1. The van der Waals surface area contributed by atoms with E-state index in [4.69, 9.17) is 4.42 Å². The lowest BCUT2D eigenvalue weighted by atomic mass is 9.78. The minimum absolute atomic E-state index is 0.204. The molecule has 0 saturated carbocycles. The van der Waals surface area contributed by atoms with Crippen LogP contribution in [0.15, 0.2) is 28.7 Å². The quantitative estimate of drug-likeness (QED) is 0.920. The Morgan fingerprint density at radius 2 is 2.05 bits per heavy atom. The first-order valence-corrected chi connectivity index (χ1v) is 7.84. The maximum atomic E-state index is 13.2. The number of benzene rings is 1. The highest BCUT2D eigenvalue weighted by Crippen LogP contribution is 2.39. The van der Waals surface area contributed by atoms with Crippen molar-refractivity contribution < 1.29 is 8.81 Å². The van der Waals surface area contributed by atoms with E-state index in [1.165, 1.54) is 31.9 Å². The number of fused-ring (bicyclic) bond motifs is 1. The van der Waals surface area contributed by atoms with Crippen LogP contribution in [0, 0.1) is 11.2 Å². The Morgan fingerprint density at radius 1 is 1.19 bits per heavy atom. The Bertz CT molecular complexity index is 645. The number of hydrogen-bond acceptors (Lipinski definition) is 3. The monoisotopic (exact) mass is 288 g/mol. The van der Waals surface area contributed by atoms with Crippen LogP contribution >= 0.6 is 0 Å². The molecule has 2 aromatic rings. The molecule has 3 nitrogen and oxygen atoms in total. The molecule has 0 bridgehead atoms. The van der Waals surface area contributed by atoms with E-state index in [-0.39, 0.29) is 5.82 Å². The van der Waals surface area contributed by atoms with Crippen molar-refractivity contribution in [1.82, 2.24) is 10.2 Å². The van der Waals surface area contributed by atoms with Gasteiger partial charge < -0.3 is 9.73 Å². The van der Waals surface area contributed by atoms with E-state index in [2.05, 4.69) is 10.2 Å². The van der Waals surface area contributed by atoms with E-state index in [1.807, 2.05) is 6.07 Å². The molecule has 1 N–H and O–H groups in total. The summed E-state index contributed by atoms with van der Waals surface area (Å²) < 4.78 is 19.1.